The first-order valence-corrected chi connectivity index (χ1v) is 3.99. The van der Waals surface area contributed by atoms with Gasteiger partial charge in [0, 0.05) is 5.69 Å². The highest BCUT2D eigenvalue weighted by Gasteiger charge is 2.14. The number of rotatable bonds is 3. The van der Waals surface area contributed by atoms with E-state index in [0.717, 1.165) is 0 Å². The van der Waals surface area contributed by atoms with Crippen LogP contribution in [0.15, 0.2) is 18.2 Å². The van der Waals surface area contributed by atoms with Crippen molar-refractivity contribution in [1.82, 2.24) is 0 Å². The number of nitrogen functional groups attached to an aromatic ring is 1. The van der Waals surface area contributed by atoms with Gasteiger partial charge < -0.3 is 20.7 Å². The van der Waals surface area contributed by atoms with Crippen LogP contribution in [0, 0.1) is 0 Å². The SMILES string of the molecule is Nc1ccc(OC(=O)CO)c(C(=O)O)c1. The molecule has 0 fully saturated rings. The molecule has 0 atom stereocenters. The van der Waals surface area contributed by atoms with E-state index in [1.54, 1.807) is 0 Å². The first-order chi connectivity index (χ1) is 7.04. The highest BCUT2D eigenvalue weighted by Crippen LogP contribution is 2.21. The quantitative estimate of drug-likeness (QED) is 0.365. The molecule has 0 spiro atoms. The third kappa shape index (κ3) is 2.68. The average Bonchev–Trinajstić information content (AvgIpc) is 2.20. The van der Waals surface area contributed by atoms with Crippen molar-refractivity contribution in [2.45, 2.75) is 0 Å². The number of esters is 1. The Balaban J connectivity index is 3.06. The number of benzene rings is 1. The molecule has 0 heterocycles. The molecule has 0 saturated heterocycles. The lowest BCUT2D eigenvalue weighted by Crippen LogP contribution is -2.14. The molecule has 0 bridgehead atoms. The van der Waals surface area contributed by atoms with E-state index in [4.69, 9.17) is 15.9 Å². The van der Waals surface area contributed by atoms with Gasteiger partial charge in [-0.05, 0) is 18.2 Å². The largest absolute Gasteiger partial charge is 0.478 e. The fraction of sp³-hybridized carbons (Fsp3) is 0.111. The van der Waals surface area contributed by atoms with E-state index in [-0.39, 0.29) is 17.0 Å². The number of ether oxygens (including phenoxy) is 1. The van der Waals surface area contributed by atoms with Crippen molar-refractivity contribution in [1.29, 1.82) is 0 Å². The van der Waals surface area contributed by atoms with E-state index in [0.29, 0.717) is 0 Å². The minimum atomic E-state index is -1.26. The van der Waals surface area contributed by atoms with E-state index in [1.165, 1.54) is 18.2 Å². The Bertz CT molecular complexity index is 401. The molecule has 0 aromatic heterocycles. The van der Waals surface area contributed by atoms with Gasteiger partial charge in [0.15, 0.2) is 0 Å². The molecule has 1 aromatic carbocycles. The summed E-state index contributed by atoms with van der Waals surface area (Å²) >= 11 is 0. The van der Waals surface area contributed by atoms with Crippen LogP contribution in [0.5, 0.6) is 5.75 Å². The minimum Gasteiger partial charge on any atom is -0.478 e. The summed E-state index contributed by atoms with van der Waals surface area (Å²) in [6.45, 7) is -0.816. The molecule has 0 saturated carbocycles. The molecule has 0 radical (unpaired) electrons. The van der Waals surface area contributed by atoms with Gasteiger partial charge in [-0.15, -0.1) is 0 Å². The van der Waals surface area contributed by atoms with Gasteiger partial charge in [-0.25, -0.2) is 9.59 Å². The van der Waals surface area contributed by atoms with Crippen molar-refractivity contribution in [3.63, 3.8) is 0 Å². The van der Waals surface area contributed by atoms with Crippen molar-refractivity contribution in [2.75, 3.05) is 12.3 Å². The lowest BCUT2D eigenvalue weighted by Gasteiger charge is -2.06. The van der Waals surface area contributed by atoms with E-state index in [2.05, 4.69) is 4.74 Å². The first kappa shape index (κ1) is 11.0. The highest BCUT2D eigenvalue weighted by atomic mass is 16.5. The summed E-state index contributed by atoms with van der Waals surface area (Å²) in [7, 11) is 0. The second-order valence-electron chi connectivity index (χ2n) is 2.69. The zero-order chi connectivity index (χ0) is 11.4. The third-order valence-electron chi connectivity index (χ3n) is 1.59. The Labute approximate surface area is 84.9 Å². The number of hydrogen-bond acceptors (Lipinski definition) is 5. The molecule has 15 heavy (non-hydrogen) atoms. The predicted octanol–water partition coefficient (Wildman–Crippen LogP) is -0.135. The smallest absolute Gasteiger partial charge is 0.339 e. The zero-order valence-electron chi connectivity index (χ0n) is 7.64. The van der Waals surface area contributed by atoms with Crippen LogP contribution in [-0.4, -0.2) is 28.8 Å². The number of aliphatic hydroxyl groups is 1. The summed E-state index contributed by atoms with van der Waals surface area (Å²) in [6, 6.07) is 3.82. The topological polar surface area (TPSA) is 110 Å². The third-order valence-corrected chi connectivity index (χ3v) is 1.59. The van der Waals surface area contributed by atoms with Crippen LogP contribution in [0.2, 0.25) is 0 Å². The summed E-state index contributed by atoms with van der Waals surface area (Å²) < 4.78 is 4.59. The zero-order valence-corrected chi connectivity index (χ0v) is 7.64. The minimum absolute atomic E-state index is 0.143. The number of carboxylic acids is 1. The molecule has 0 aliphatic rings. The molecule has 6 heteroatoms. The van der Waals surface area contributed by atoms with Crippen molar-refractivity contribution < 1.29 is 24.5 Å². The Kier molecular flexibility index (Phi) is 3.25. The Morgan fingerprint density at radius 1 is 1.40 bits per heavy atom. The van der Waals surface area contributed by atoms with Gasteiger partial charge in [0.05, 0.1) is 0 Å². The molecule has 0 unspecified atom stereocenters. The van der Waals surface area contributed by atoms with Gasteiger partial charge in [-0.1, -0.05) is 0 Å². The number of aliphatic hydroxyl groups excluding tert-OH is 1. The fourth-order valence-electron chi connectivity index (χ4n) is 0.959. The van der Waals surface area contributed by atoms with Crippen molar-refractivity contribution in [2.24, 2.45) is 0 Å². The Morgan fingerprint density at radius 2 is 2.07 bits per heavy atom. The Morgan fingerprint density at radius 3 is 2.60 bits per heavy atom. The van der Waals surface area contributed by atoms with Gasteiger partial charge in [0.25, 0.3) is 0 Å². The number of aromatic carboxylic acids is 1. The maximum absolute atomic E-state index is 10.7. The summed E-state index contributed by atoms with van der Waals surface area (Å²) in [5.74, 6) is -2.33. The van der Waals surface area contributed by atoms with Crippen LogP contribution in [-0.2, 0) is 4.79 Å². The number of hydrogen-bond donors (Lipinski definition) is 3. The number of carbonyl (C=O) groups excluding carboxylic acids is 1. The fourth-order valence-corrected chi connectivity index (χ4v) is 0.959. The van der Waals surface area contributed by atoms with Gasteiger partial charge in [0.2, 0.25) is 0 Å². The second-order valence-corrected chi connectivity index (χ2v) is 2.69. The highest BCUT2D eigenvalue weighted by molar-refractivity contribution is 5.93. The Hall–Kier alpha value is -2.08. The summed E-state index contributed by atoms with van der Waals surface area (Å²) in [5, 5.41) is 17.2. The standard InChI is InChI=1S/C9H9NO5/c10-5-1-2-7(15-8(12)4-11)6(3-5)9(13)14/h1-3,11H,4,10H2,(H,13,14). The maximum atomic E-state index is 10.7. The van der Waals surface area contributed by atoms with Crippen LogP contribution in [0.25, 0.3) is 0 Å². The summed E-state index contributed by atoms with van der Waals surface area (Å²) in [4.78, 5) is 21.5. The molecular formula is C9H9NO5. The lowest BCUT2D eigenvalue weighted by molar-refractivity contribution is -0.137. The molecule has 1 rings (SSSR count). The molecule has 0 aliphatic carbocycles. The molecule has 0 amide bonds. The van der Waals surface area contributed by atoms with E-state index in [1.807, 2.05) is 0 Å². The summed E-state index contributed by atoms with van der Waals surface area (Å²) in [6.07, 6.45) is 0. The maximum Gasteiger partial charge on any atom is 0.339 e. The summed E-state index contributed by atoms with van der Waals surface area (Å²) in [5.41, 5.74) is 5.40. The second kappa shape index (κ2) is 4.43. The molecular weight excluding hydrogens is 202 g/mol. The lowest BCUT2D eigenvalue weighted by atomic mass is 10.2. The van der Waals surface area contributed by atoms with E-state index >= 15 is 0 Å². The number of nitrogens with two attached hydrogens (primary N) is 1. The number of carboxylic acid groups (broad SMARTS) is 1. The van der Waals surface area contributed by atoms with Crippen LogP contribution < -0.4 is 10.5 Å². The normalized spacial score (nSPS) is 9.67. The van der Waals surface area contributed by atoms with Gasteiger partial charge >= 0.3 is 11.9 Å². The number of anilines is 1. The predicted molar refractivity (Wildman–Crippen MR) is 50.5 cm³/mol. The van der Waals surface area contributed by atoms with Gasteiger partial charge in [0.1, 0.15) is 17.9 Å². The molecule has 6 nitrogen and oxygen atoms in total. The monoisotopic (exact) mass is 211 g/mol. The van der Waals surface area contributed by atoms with E-state index < -0.39 is 18.5 Å². The van der Waals surface area contributed by atoms with Crippen molar-refractivity contribution >= 4 is 17.6 Å². The van der Waals surface area contributed by atoms with Crippen LogP contribution in [0.4, 0.5) is 5.69 Å². The van der Waals surface area contributed by atoms with Gasteiger partial charge in [-0.2, -0.15) is 0 Å². The van der Waals surface area contributed by atoms with Crippen molar-refractivity contribution in [3.05, 3.63) is 23.8 Å². The van der Waals surface area contributed by atoms with E-state index in [9.17, 15) is 9.59 Å². The van der Waals surface area contributed by atoms with Gasteiger partial charge in [-0.3, -0.25) is 0 Å². The molecule has 1 aromatic rings. The average molecular weight is 211 g/mol. The molecule has 0 aliphatic heterocycles. The molecule has 4 N–H and O–H groups in total. The molecule has 80 valence electrons. The number of carbonyl (C=O) groups is 2. The van der Waals surface area contributed by atoms with Crippen LogP contribution >= 0.6 is 0 Å². The van der Waals surface area contributed by atoms with Crippen molar-refractivity contribution in [3.8, 4) is 5.75 Å². The first-order valence-electron chi connectivity index (χ1n) is 3.99. The van der Waals surface area contributed by atoms with Crippen LogP contribution in [0.1, 0.15) is 10.4 Å². The van der Waals surface area contributed by atoms with Crippen LogP contribution in [0.3, 0.4) is 0 Å².